The van der Waals surface area contributed by atoms with Crippen molar-refractivity contribution < 1.29 is 9.53 Å². The number of amides is 1. The molecule has 0 aromatic carbocycles. The van der Waals surface area contributed by atoms with Crippen molar-refractivity contribution in [3.8, 4) is 0 Å². The van der Waals surface area contributed by atoms with E-state index in [4.69, 9.17) is 4.74 Å². The van der Waals surface area contributed by atoms with Crippen LogP contribution in [0.15, 0.2) is 35.2 Å². The number of piperidine rings is 1. The second-order valence-corrected chi connectivity index (χ2v) is 8.93. The van der Waals surface area contributed by atoms with Crippen molar-refractivity contribution in [2.75, 3.05) is 38.7 Å². The second-order valence-electron chi connectivity index (χ2n) is 8.08. The molecule has 31 heavy (non-hydrogen) atoms. The Hall–Kier alpha value is -2.50. The van der Waals surface area contributed by atoms with Crippen LogP contribution >= 0.6 is 15.9 Å². The molecule has 10 nitrogen and oxygen atoms in total. The molecule has 2 aliphatic heterocycles. The Morgan fingerprint density at radius 3 is 2.84 bits per heavy atom. The Labute approximate surface area is 188 Å². The van der Waals surface area contributed by atoms with Crippen molar-refractivity contribution in [3.05, 3.63) is 35.2 Å². The predicted molar refractivity (Wildman–Crippen MR) is 118 cm³/mol. The van der Waals surface area contributed by atoms with Crippen LogP contribution in [0, 0.1) is 0 Å². The van der Waals surface area contributed by atoms with Crippen LogP contribution in [0.5, 0.6) is 0 Å². The number of nitrogens with one attached hydrogen (secondary N) is 1. The van der Waals surface area contributed by atoms with E-state index >= 15 is 0 Å². The van der Waals surface area contributed by atoms with Gasteiger partial charge in [0.15, 0.2) is 5.65 Å². The average molecular weight is 489 g/mol. The molecule has 2 fully saturated rings. The van der Waals surface area contributed by atoms with Crippen LogP contribution in [-0.2, 0) is 16.1 Å². The average Bonchev–Trinajstić information content (AvgIpc) is 3.34. The van der Waals surface area contributed by atoms with Gasteiger partial charge in [-0.25, -0.2) is 4.52 Å². The molecule has 0 spiro atoms. The summed E-state index contributed by atoms with van der Waals surface area (Å²) in [7, 11) is 2.17. The van der Waals surface area contributed by atoms with E-state index in [2.05, 4.69) is 48.4 Å². The number of fused-ring (bicyclic) bond motifs is 1. The third-order valence-electron chi connectivity index (χ3n) is 6.09. The first-order valence-corrected chi connectivity index (χ1v) is 11.2. The van der Waals surface area contributed by atoms with Crippen LogP contribution in [-0.4, -0.2) is 85.5 Å². The first-order chi connectivity index (χ1) is 15.1. The summed E-state index contributed by atoms with van der Waals surface area (Å²) < 4.78 is 9.52. The summed E-state index contributed by atoms with van der Waals surface area (Å²) in [5, 5.41) is 11.9. The minimum atomic E-state index is 0.0949. The van der Waals surface area contributed by atoms with E-state index in [1.165, 1.54) is 0 Å². The summed E-state index contributed by atoms with van der Waals surface area (Å²) in [4.78, 5) is 21.6. The van der Waals surface area contributed by atoms with Gasteiger partial charge in [-0.2, -0.15) is 10.1 Å². The Balaban J connectivity index is 1.15. The fourth-order valence-electron chi connectivity index (χ4n) is 4.09. The van der Waals surface area contributed by atoms with E-state index in [0.29, 0.717) is 18.0 Å². The number of hydrogen-bond donors (Lipinski definition) is 1. The van der Waals surface area contributed by atoms with Crippen LogP contribution in [0.2, 0.25) is 0 Å². The predicted octanol–water partition coefficient (Wildman–Crippen LogP) is 1.75. The van der Waals surface area contributed by atoms with Gasteiger partial charge in [0.25, 0.3) is 0 Å². The monoisotopic (exact) mass is 488 g/mol. The first kappa shape index (κ1) is 20.4. The molecule has 0 radical (unpaired) electrons. The standard InChI is InChI=1S/C20H25BrN8O2/c1-26(16-12-31-13-16)15-4-7-27(8-5-15)18(30)11-28-10-14(9-22-28)23-20-24-19-17(21)3-2-6-29(19)25-20/h2-3,6,9-10,15-16H,4-5,7-8,11-13H2,1H3,(H,23,25). The highest BCUT2D eigenvalue weighted by Crippen LogP contribution is 2.21. The van der Waals surface area contributed by atoms with Crippen LogP contribution in [0.4, 0.5) is 11.6 Å². The minimum absolute atomic E-state index is 0.0949. The van der Waals surface area contributed by atoms with Crippen molar-refractivity contribution in [1.29, 1.82) is 0 Å². The highest BCUT2D eigenvalue weighted by Gasteiger charge is 2.31. The maximum Gasteiger partial charge on any atom is 0.247 e. The molecular weight excluding hydrogens is 464 g/mol. The van der Waals surface area contributed by atoms with E-state index in [1.54, 1.807) is 21.6 Å². The lowest BCUT2D eigenvalue weighted by molar-refractivity contribution is -0.134. The molecule has 164 valence electrons. The van der Waals surface area contributed by atoms with Crippen molar-refractivity contribution in [3.63, 3.8) is 0 Å². The van der Waals surface area contributed by atoms with Crippen LogP contribution < -0.4 is 5.32 Å². The Morgan fingerprint density at radius 1 is 1.32 bits per heavy atom. The highest BCUT2D eigenvalue weighted by molar-refractivity contribution is 9.10. The molecule has 2 aliphatic rings. The molecule has 5 rings (SSSR count). The Kier molecular flexibility index (Phi) is 5.63. The van der Waals surface area contributed by atoms with Crippen molar-refractivity contribution in [2.45, 2.75) is 31.5 Å². The molecule has 0 aliphatic carbocycles. The van der Waals surface area contributed by atoms with Gasteiger partial charge in [0.2, 0.25) is 11.9 Å². The number of rotatable bonds is 6. The number of anilines is 2. The van der Waals surface area contributed by atoms with Gasteiger partial charge in [-0.3, -0.25) is 14.4 Å². The van der Waals surface area contributed by atoms with Crippen LogP contribution in [0.25, 0.3) is 5.65 Å². The molecule has 0 saturated carbocycles. The Bertz CT molecular complexity index is 1070. The maximum absolute atomic E-state index is 12.7. The first-order valence-electron chi connectivity index (χ1n) is 10.4. The summed E-state index contributed by atoms with van der Waals surface area (Å²) >= 11 is 3.47. The molecule has 1 N–H and O–H groups in total. The van der Waals surface area contributed by atoms with Gasteiger partial charge < -0.3 is 15.0 Å². The van der Waals surface area contributed by atoms with Crippen molar-refractivity contribution in [1.82, 2.24) is 34.2 Å². The molecule has 5 heterocycles. The zero-order valence-corrected chi connectivity index (χ0v) is 18.9. The maximum atomic E-state index is 12.7. The third kappa shape index (κ3) is 4.30. The number of pyridine rings is 1. The number of likely N-dealkylation sites (N-methyl/N-ethyl adjacent to an activating group) is 1. The summed E-state index contributed by atoms with van der Waals surface area (Å²) in [5.74, 6) is 0.568. The van der Waals surface area contributed by atoms with Crippen LogP contribution in [0.3, 0.4) is 0 Å². The number of hydrogen-bond acceptors (Lipinski definition) is 7. The molecule has 3 aromatic heterocycles. The van der Waals surface area contributed by atoms with Crippen molar-refractivity contribution in [2.24, 2.45) is 0 Å². The normalized spacial score (nSPS) is 18.0. The lowest BCUT2D eigenvalue weighted by Crippen LogP contribution is -2.54. The number of halogens is 1. The number of carbonyl (C=O) groups excluding carboxylic acids is 1. The van der Waals surface area contributed by atoms with Crippen LogP contribution in [0.1, 0.15) is 12.8 Å². The highest BCUT2D eigenvalue weighted by atomic mass is 79.9. The van der Waals surface area contributed by atoms with Gasteiger partial charge in [0.1, 0.15) is 6.54 Å². The number of aromatic nitrogens is 5. The number of ether oxygens (including phenoxy) is 1. The fraction of sp³-hybridized carbons (Fsp3) is 0.500. The third-order valence-corrected chi connectivity index (χ3v) is 6.71. The summed E-state index contributed by atoms with van der Waals surface area (Å²) in [6, 6.07) is 4.86. The number of nitrogens with zero attached hydrogens (tertiary/aromatic N) is 7. The molecule has 0 atom stereocenters. The number of carbonyl (C=O) groups is 1. The number of likely N-dealkylation sites (tertiary alicyclic amines) is 1. The van der Waals surface area contributed by atoms with Gasteiger partial charge in [-0.05, 0) is 48.0 Å². The van der Waals surface area contributed by atoms with Gasteiger partial charge >= 0.3 is 0 Å². The van der Waals surface area contributed by atoms with E-state index in [9.17, 15) is 4.79 Å². The molecule has 3 aromatic rings. The zero-order chi connectivity index (χ0) is 21.4. The van der Waals surface area contributed by atoms with Gasteiger partial charge in [0.05, 0.1) is 35.6 Å². The molecule has 0 unspecified atom stereocenters. The van der Waals surface area contributed by atoms with E-state index in [0.717, 1.165) is 55.0 Å². The summed E-state index contributed by atoms with van der Waals surface area (Å²) in [6.07, 6.45) is 7.31. The van der Waals surface area contributed by atoms with E-state index in [1.807, 2.05) is 23.2 Å². The minimum Gasteiger partial charge on any atom is -0.378 e. The largest absolute Gasteiger partial charge is 0.378 e. The summed E-state index contributed by atoms with van der Waals surface area (Å²) in [6.45, 7) is 3.45. The lowest BCUT2D eigenvalue weighted by atomic mass is 10.0. The summed E-state index contributed by atoms with van der Waals surface area (Å²) in [5.41, 5.74) is 1.47. The quantitative estimate of drug-likeness (QED) is 0.564. The Morgan fingerprint density at radius 2 is 2.13 bits per heavy atom. The lowest BCUT2D eigenvalue weighted by Gasteiger charge is -2.43. The SMILES string of the molecule is CN(C1CCN(C(=O)Cn2cc(Nc3nc4c(Br)cccn4n3)cn2)CC1)C1COC1. The molecule has 2 saturated heterocycles. The molecule has 11 heteroatoms. The topological polar surface area (TPSA) is 92.8 Å². The fourth-order valence-corrected chi connectivity index (χ4v) is 4.51. The molecule has 1 amide bonds. The second kappa shape index (κ2) is 8.56. The zero-order valence-electron chi connectivity index (χ0n) is 17.3. The van der Waals surface area contributed by atoms with Crippen molar-refractivity contribution >= 4 is 39.1 Å². The van der Waals surface area contributed by atoms with Gasteiger partial charge in [-0.15, -0.1) is 5.10 Å². The van der Waals surface area contributed by atoms with Gasteiger partial charge in [0, 0.05) is 31.5 Å². The molecule has 0 bridgehead atoms. The van der Waals surface area contributed by atoms with E-state index < -0.39 is 0 Å². The van der Waals surface area contributed by atoms with Gasteiger partial charge in [-0.1, -0.05) is 0 Å². The smallest absolute Gasteiger partial charge is 0.247 e. The van der Waals surface area contributed by atoms with E-state index in [-0.39, 0.29) is 12.5 Å². The molecular formula is C20H25BrN8O2.